The lowest BCUT2D eigenvalue weighted by Crippen LogP contribution is -2.23. The molecule has 5 nitrogen and oxygen atoms in total. The van der Waals surface area contributed by atoms with E-state index in [0.29, 0.717) is 26.8 Å². The number of amides is 1. The van der Waals surface area contributed by atoms with Gasteiger partial charge in [-0.15, -0.1) is 10.2 Å². The lowest BCUT2D eigenvalue weighted by atomic mass is 10.3. The highest BCUT2D eigenvalue weighted by Crippen LogP contribution is 2.38. The van der Waals surface area contributed by atoms with Crippen molar-refractivity contribution < 1.29 is 4.79 Å². The first-order valence-corrected chi connectivity index (χ1v) is 8.98. The van der Waals surface area contributed by atoms with Gasteiger partial charge in [0.1, 0.15) is 6.33 Å². The van der Waals surface area contributed by atoms with E-state index in [0.717, 1.165) is 18.0 Å². The Bertz CT molecular complexity index is 724. The molecule has 1 atom stereocenters. The molecule has 3 rings (SSSR count). The Labute approximate surface area is 152 Å². The summed E-state index contributed by atoms with van der Waals surface area (Å²) in [5.74, 6) is -0.216. The molecule has 9 heteroatoms. The molecule has 0 radical (unpaired) electrons. The van der Waals surface area contributed by atoms with Crippen molar-refractivity contribution in [3.63, 3.8) is 0 Å². The summed E-state index contributed by atoms with van der Waals surface area (Å²) in [6.07, 6.45) is 3.96. The molecule has 23 heavy (non-hydrogen) atoms. The number of aromatic nitrogens is 3. The number of nitrogens with zero attached hydrogens (tertiary/aromatic N) is 3. The van der Waals surface area contributed by atoms with Crippen LogP contribution in [0.5, 0.6) is 0 Å². The van der Waals surface area contributed by atoms with Gasteiger partial charge in [0.05, 0.1) is 21.0 Å². The summed E-state index contributed by atoms with van der Waals surface area (Å²) in [7, 11) is 0. The van der Waals surface area contributed by atoms with Crippen LogP contribution < -0.4 is 5.32 Å². The molecule has 1 heterocycles. The average Bonchev–Trinajstić information content (AvgIpc) is 3.22. The third-order valence-corrected chi connectivity index (χ3v) is 5.27. The summed E-state index contributed by atoms with van der Waals surface area (Å²) >= 11 is 19.4. The lowest BCUT2D eigenvalue weighted by molar-refractivity contribution is -0.115. The summed E-state index contributed by atoms with van der Waals surface area (Å²) in [6.45, 7) is 1.80. The molecule has 0 saturated heterocycles. The molecule has 1 fully saturated rings. The predicted octanol–water partition coefficient (Wildman–Crippen LogP) is 4.69. The van der Waals surface area contributed by atoms with Crippen LogP contribution in [-0.4, -0.2) is 25.9 Å². The van der Waals surface area contributed by atoms with E-state index in [1.165, 1.54) is 23.9 Å². The lowest BCUT2D eigenvalue weighted by Gasteiger charge is -2.14. The van der Waals surface area contributed by atoms with Crippen LogP contribution in [0.3, 0.4) is 0 Å². The molecular formula is C14H13Cl3N4OS. The van der Waals surface area contributed by atoms with E-state index >= 15 is 0 Å². The fourth-order valence-corrected chi connectivity index (χ4v) is 3.82. The maximum Gasteiger partial charge on any atom is 0.237 e. The number of hydrogen-bond acceptors (Lipinski definition) is 4. The molecule has 1 aliphatic rings. The maximum absolute atomic E-state index is 12.4. The van der Waals surface area contributed by atoms with Crippen molar-refractivity contribution in [2.75, 3.05) is 5.32 Å². The molecule has 0 bridgehead atoms. The van der Waals surface area contributed by atoms with Crippen molar-refractivity contribution in [2.45, 2.75) is 36.2 Å². The molecule has 1 unspecified atom stereocenters. The van der Waals surface area contributed by atoms with Crippen LogP contribution >= 0.6 is 46.6 Å². The number of halogens is 3. The fraction of sp³-hybridized carbons (Fsp3) is 0.357. The average molecular weight is 392 g/mol. The van der Waals surface area contributed by atoms with E-state index in [1.54, 1.807) is 13.3 Å². The van der Waals surface area contributed by atoms with Gasteiger partial charge in [-0.25, -0.2) is 0 Å². The molecule has 2 aromatic rings. The first kappa shape index (κ1) is 16.9. The third kappa shape index (κ3) is 3.94. The summed E-state index contributed by atoms with van der Waals surface area (Å²) in [5.41, 5.74) is 0.360. The standard InChI is InChI=1S/C14H13Cl3N4OS/c1-7(23-14-20-18-6-21(14)9-2-3-9)13(22)19-12-10(16)4-8(15)5-11(12)17/h4-7,9H,2-3H2,1H3,(H,19,22). The first-order chi connectivity index (χ1) is 11.0. The number of benzene rings is 1. The monoisotopic (exact) mass is 390 g/mol. The van der Waals surface area contributed by atoms with Crippen LogP contribution in [-0.2, 0) is 4.79 Å². The largest absolute Gasteiger partial charge is 0.323 e. The van der Waals surface area contributed by atoms with Gasteiger partial charge >= 0.3 is 0 Å². The van der Waals surface area contributed by atoms with Crippen LogP contribution in [0.15, 0.2) is 23.6 Å². The summed E-state index contributed by atoms with van der Waals surface area (Å²) < 4.78 is 2.01. The molecule has 1 N–H and O–H groups in total. The number of anilines is 1. The molecular weight excluding hydrogens is 379 g/mol. The molecule has 1 aromatic carbocycles. The van der Waals surface area contributed by atoms with Gasteiger partial charge in [-0.05, 0) is 31.9 Å². The number of carbonyl (C=O) groups is 1. The van der Waals surface area contributed by atoms with Crippen molar-refractivity contribution in [3.05, 3.63) is 33.5 Å². The van der Waals surface area contributed by atoms with Gasteiger partial charge in [-0.3, -0.25) is 4.79 Å². The van der Waals surface area contributed by atoms with Gasteiger partial charge in [0.15, 0.2) is 5.16 Å². The quantitative estimate of drug-likeness (QED) is 0.751. The molecule has 1 saturated carbocycles. The van der Waals surface area contributed by atoms with E-state index in [-0.39, 0.29) is 11.2 Å². The summed E-state index contributed by atoms with van der Waals surface area (Å²) in [5, 5.41) is 12.1. The van der Waals surface area contributed by atoms with Crippen molar-refractivity contribution >= 4 is 58.2 Å². The Morgan fingerprint density at radius 1 is 1.35 bits per heavy atom. The van der Waals surface area contributed by atoms with Crippen LogP contribution in [0.2, 0.25) is 15.1 Å². The minimum absolute atomic E-state index is 0.216. The third-order valence-electron chi connectivity index (χ3n) is 3.39. The number of rotatable bonds is 5. The Morgan fingerprint density at radius 2 is 2.00 bits per heavy atom. The van der Waals surface area contributed by atoms with Crippen LogP contribution in [0.4, 0.5) is 5.69 Å². The molecule has 1 aromatic heterocycles. The minimum atomic E-state index is -0.375. The number of hydrogen-bond donors (Lipinski definition) is 1. The second-order valence-electron chi connectivity index (χ2n) is 5.25. The highest BCUT2D eigenvalue weighted by molar-refractivity contribution is 8.00. The molecule has 1 amide bonds. The number of nitrogens with one attached hydrogen (secondary N) is 1. The van der Waals surface area contributed by atoms with Gasteiger partial charge < -0.3 is 9.88 Å². The zero-order valence-electron chi connectivity index (χ0n) is 12.1. The topological polar surface area (TPSA) is 59.8 Å². The number of thioether (sulfide) groups is 1. The van der Waals surface area contributed by atoms with Crippen molar-refractivity contribution in [2.24, 2.45) is 0 Å². The zero-order chi connectivity index (χ0) is 16.6. The summed E-state index contributed by atoms with van der Waals surface area (Å²) in [6, 6.07) is 3.53. The Kier molecular flexibility index (Phi) is 5.06. The van der Waals surface area contributed by atoms with Crippen LogP contribution in [0, 0.1) is 0 Å². The fourth-order valence-electron chi connectivity index (χ4n) is 2.02. The van der Waals surface area contributed by atoms with E-state index < -0.39 is 0 Å². The summed E-state index contributed by atoms with van der Waals surface area (Å²) in [4.78, 5) is 12.4. The Morgan fingerprint density at radius 3 is 2.61 bits per heavy atom. The minimum Gasteiger partial charge on any atom is -0.323 e. The zero-order valence-corrected chi connectivity index (χ0v) is 15.2. The van der Waals surface area contributed by atoms with Gasteiger partial charge in [-0.1, -0.05) is 46.6 Å². The second-order valence-corrected chi connectivity index (χ2v) is 7.80. The molecule has 122 valence electrons. The Balaban J connectivity index is 1.69. The van der Waals surface area contributed by atoms with E-state index in [4.69, 9.17) is 34.8 Å². The van der Waals surface area contributed by atoms with E-state index in [1.807, 2.05) is 4.57 Å². The number of carbonyl (C=O) groups excluding carboxylic acids is 1. The van der Waals surface area contributed by atoms with Gasteiger partial charge in [-0.2, -0.15) is 0 Å². The van der Waals surface area contributed by atoms with Crippen LogP contribution in [0.1, 0.15) is 25.8 Å². The van der Waals surface area contributed by atoms with Crippen molar-refractivity contribution in [1.82, 2.24) is 14.8 Å². The predicted molar refractivity (Wildman–Crippen MR) is 93.7 cm³/mol. The van der Waals surface area contributed by atoms with Crippen LogP contribution in [0.25, 0.3) is 0 Å². The molecule has 0 aliphatic heterocycles. The highest BCUT2D eigenvalue weighted by atomic mass is 35.5. The normalized spacial score (nSPS) is 15.5. The smallest absolute Gasteiger partial charge is 0.237 e. The van der Waals surface area contributed by atoms with Gasteiger partial charge in [0.25, 0.3) is 0 Å². The van der Waals surface area contributed by atoms with E-state index in [2.05, 4.69) is 15.5 Å². The second kappa shape index (κ2) is 6.89. The van der Waals surface area contributed by atoms with Gasteiger partial charge in [0, 0.05) is 11.1 Å². The maximum atomic E-state index is 12.4. The SMILES string of the molecule is CC(Sc1nncn1C1CC1)C(=O)Nc1c(Cl)cc(Cl)cc1Cl. The highest BCUT2D eigenvalue weighted by Gasteiger charge is 2.28. The van der Waals surface area contributed by atoms with Crippen molar-refractivity contribution in [3.8, 4) is 0 Å². The first-order valence-electron chi connectivity index (χ1n) is 6.97. The van der Waals surface area contributed by atoms with E-state index in [9.17, 15) is 4.79 Å². The molecule has 1 aliphatic carbocycles. The Hall–Kier alpha value is -0.950. The van der Waals surface area contributed by atoms with Gasteiger partial charge in [0.2, 0.25) is 5.91 Å². The molecule has 0 spiro atoms. The van der Waals surface area contributed by atoms with Crippen molar-refractivity contribution in [1.29, 1.82) is 0 Å².